The molecule has 1 aliphatic rings. The lowest BCUT2D eigenvalue weighted by molar-refractivity contribution is 0.103. The van der Waals surface area contributed by atoms with Gasteiger partial charge in [0.2, 0.25) is 0 Å². The van der Waals surface area contributed by atoms with Gasteiger partial charge in [-0.15, -0.1) is 0 Å². The van der Waals surface area contributed by atoms with Gasteiger partial charge in [0, 0.05) is 5.41 Å². The first-order chi connectivity index (χ1) is 6.57. The molecule has 1 aliphatic carbocycles. The topological polar surface area (TPSA) is 59.1 Å². The maximum absolute atomic E-state index is 10.0. The van der Waals surface area contributed by atoms with Gasteiger partial charge in [-0.05, 0) is 19.3 Å². The van der Waals surface area contributed by atoms with E-state index in [-0.39, 0.29) is 5.41 Å². The third-order valence-electron chi connectivity index (χ3n) is 3.01. The zero-order chi connectivity index (χ0) is 10.3. The zero-order valence-corrected chi connectivity index (χ0v) is 9.40. The summed E-state index contributed by atoms with van der Waals surface area (Å²) in [6, 6.07) is 0. The van der Waals surface area contributed by atoms with E-state index < -0.39 is 6.10 Å². The molecule has 2 rings (SSSR count). The number of aryl methyl sites for hydroxylation is 1. The van der Waals surface area contributed by atoms with E-state index in [1.54, 1.807) is 0 Å². The first-order valence-corrected chi connectivity index (χ1v) is 5.81. The van der Waals surface area contributed by atoms with Crippen molar-refractivity contribution in [1.82, 2.24) is 4.98 Å². The van der Waals surface area contributed by atoms with Gasteiger partial charge < -0.3 is 10.8 Å². The Kier molecular flexibility index (Phi) is 2.27. The summed E-state index contributed by atoms with van der Waals surface area (Å²) >= 11 is 1.43. The molecule has 1 heterocycles. The van der Waals surface area contributed by atoms with Crippen LogP contribution in [0.5, 0.6) is 0 Å². The number of nitrogen functional groups attached to an aromatic ring is 1. The summed E-state index contributed by atoms with van der Waals surface area (Å²) in [5.74, 6) is 0. The van der Waals surface area contributed by atoms with Gasteiger partial charge in [0.05, 0.1) is 5.69 Å². The van der Waals surface area contributed by atoms with Crippen molar-refractivity contribution in [3.8, 4) is 0 Å². The molecule has 1 saturated carbocycles. The summed E-state index contributed by atoms with van der Waals surface area (Å²) in [7, 11) is 0. The Labute approximate surface area is 88.0 Å². The highest BCUT2D eigenvalue weighted by molar-refractivity contribution is 7.15. The van der Waals surface area contributed by atoms with Gasteiger partial charge >= 0.3 is 0 Å². The number of thiazole rings is 1. The van der Waals surface area contributed by atoms with Crippen molar-refractivity contribution in [2.45, 2.75) is 39.2 Å². The Hall–Kier alpha value is -0.610. The van der Waals surface area contributed by atoms with Crippen molar-refractivity contribution in [1.29, 1.82) is 0 Å². The van der Waals surface area contributed by atoms with Crippen molar-refractivity contribution >= 4 is 16.3 Å². The molecule has 1 atom stereocenters. The van der Waals surface area contributed by atoms with Crippen LogP contribution in [0, 0.1) is 5.41 Å². The molecule has 1 unspecified atom stereocenters. The fourth-order valence-corrected chi connectivity index (χ4v) is 2.61. The lowest BCUT2D eigenvalue weighted by Gasteiger charge is -2.13. The quantitative estimate of drug-likeness (QED) is 0.807. The second-order valence-electron chi connectivity index (χ2n) is 4.27. The SMILES string of the molecule is CCc1nc(C(O)C2(C)CC2)sc1N. The number of nitrogens with zero attached hydrogens (tertiary/aromatic N) is 1. The second kappa shape index (κ2) is 3.21. The molecule has 0 aromatic carbocycles. The minimum Gasteiger partial charge on any atom is -0.389 e. The summed E-state index contributed by atoms with van der Waals surface area (Å²) in [6.45, 7) is 4.13. The van der Waals surface area contributed by atoms with Crippen LogP contribution in [0.2, 0.25) is 0 Å². The molecule has 0 saturated heterocycles. The van der Waals surface area contributed by atoms with Crippen molar-refractivity contribution in [3.63, 3.8) is 0 Å². The number of rotatable bonds is 3. The predicted molar refractivity (Wildman–Crippen MR) is 58.2 cm³/mol. The molecule has 14 heavy (non-hydrogen) atoms. The Morgan fingerprint density at radius 3 is 2.71 bits per heavy atom. The molecule has 3 nitrogen and oxygen atoms in total. The summed E-state index contributed by atoms with van der Waals surface area (Å²) in [5, 5.41) is 11.6. The molecule has 0 spiro atoms. The molecule has 78 valence electrons. The number of nitrogens with two attached hydrogens (primary N) is 1. The number of hydrogen-bond donors (Lipinski definition) is 2. The molecule has 0 radical (unpaired) electrons. The minimum atomic E-state index is -0.421. The fraction of sp³-hybridized carbons (Fsp3) is 0.700. The number of anilines is 1. The standard InChI is InChI=1S/C10H16N2OS/c1-3-6-8(11)14-9(12-6)7(13)10(2)4-5-10/h7,13H,3-5,11H2,1-2H3. The van der Waals surface area contributed by atoms with E-state index in [0.717, 1.165) is 35.0 Å². The Morgan fingerprint density at radius 2 is 2.29 bits per heavy atom. The van der Waals surface area contributed by atoms with Crippen molar-refractivity contribution in [3.05, 3.63) is 10.7 Å². The van der Waals surface area contributed by atoms with Gasteiger partial charge in [-0.25, -0.2) is 4.98 Å². The van der Waals surface area contributed by atoms with E-state index >= 15 is 0 Å². The maximum atomic E-state index is 10.0. The summed E-state index contributed by atoms with van der Waals surface area (Å²) < 4.78 is 0. The fourth-order valence-electron chi connectivity index (χ4n) is 1.52. The van der Waals surface area contributed by atoms with Gasteiger partial charge in [-0.3, -0.25) is 0 Å². The van der Waals surface area contributed by atoms with Crippen LogP contribution >= 0.6 is 11.3 Å². The largest absolute Gasteiger partial charge is 0.389 e. The van der Waals surface area contributed by atoms with Crippen LogP contribution in [0.25, 0.3) is 0 Å². The monoisotopic (exact) mass is 212 g/mol. The zero-order valence-electron chi connectivity index (χ0n) is 8.58. The van der Waals surface area contributed by atoms with Crippen molar-refractivity contribution in [2.24, 2.45) is 5.41 Å². The van der Waals surface area contributed by atoms with E-state index in [1.165, 1.54) is 11.3 Å². The molecule has 0 amide bonds. The molecule has 1 aromatic heterocycles. The molecule has 1 aromatic rings. The Bertz CT molecular complexity index is 344. The number of aromatic nitrogens is 1. The predicted octanol–water partition coefficient (Wildman–Crippen LogP) is 2.12. The van der Waals surface area contributed by atoms with Gasteiger partial charge in [-0.1, -0.05) is 25.2 Å². The van der Waals surface area contributed by atoms with E-state index in [0.29, 0.717) is 0 Å². The van der Waals surface area contributed by atoms with Gasteiger partial charge in [0.1, 0.15) is 16.1 Å². The minimum absolute atomic E-state index is 0.0648. The van der Waals surface area contributed by atoms with Crippen LogP contribution in [-0.4, -0.2) is 10.1 Å². The number of hydrogen-bond acceptors (Lipinski definition) is 4. The van der Waals surface area contributed by atoms with Crippen LogP contribution in [0.1, 0.15) is 43.5 Å². The summed E-state index contributed by atoms with van der Waals surface area (Å²) in [6.07, 6.45) is 2.60. The first kappa shape index (κ1) is 9.93. The molecule has 0 aliphatic heterocycles. The number of aliphatic hydroxyl groups excluding tert-OH is 1. The first-order valence-electron chi connectivity index (χ1n) is 5.00. The van der Waals surface area contributed by atoms with E-state index in [9.17, 15) is 5.11 Å². The van der Waals surface area contributed by atoms with Gasteiger partial charge in [0.15, 0.2) is 0 Å². The number of aliphatic hydroxyl groups is 1. The van der Waals surface area contributed by atoms with Gasteiger partial charge in [0.25, 0.3) is 0 Å². The maximum Gasteiger partial charge on any atom is 0.124 e. The second-order valence-corrected chi connectivity index (χ2v) is 5.34. The highest BCUT2D eigenvalue weighted by Gasteiger charge is 2.46. The van der Waals surface area contributed by atoms with Crippen LogP contribution in [-0.2, 0) is 6.42 Å². The molecular formula is C10H16N2OS. The lowest BCUT2D eigenvalue weighted by atomic mass is 10.0. The van der Waals surface area contributed by atoms with Crippen LogP contribution < -0.4 is 5.73 Å². The highest BCUT2D eigenvalue weighted by atomic mass is 32.1. The normalized spacial score (nSPS) is 20.8. The smallest absolute Gasteiger partial charge is 0.124 e. The Morgan fingerprint density at radius 1 is 1.64 bits per heavy atom. The van der Waals surface area contributed by atoms with Gasteiger partial charge in [-0.2, -0.15) is 0 Å². The average molecular weight is 212 g/mol. The van der Waals surface area contributed by atoms with E-state index in [1.807, 2.05) is 6.92 Å². The summed E-state index contributed by atoms with van der Waals surface area (Å²) in [5.41, 5.74) is 6.79. The summed E-state index contributed by atoms with van der Waals surface area (Å²) in [4.78, 5) is 4.38. The lowest BCUT2D eigenvalue weighted by Crippen LogP contribution is -2.09. The van der Waals surface area contributed by atoms with Crippen molar-refractivity contribution < 1.29 is 5.11 Å². The highest BCUT2D eigenvalue weighted by Crippen LogP contribution is 2.55. The molecule has 1 fully saturated rings. The molecular weight excluding hydrogens is 196 g/mol. The van der Waals surface area contributed by atoms with Crippen LogP contribution in [0.4, 0.5) is 5.00 Å². The third-order valence-corrected chi connectivity index (χ3v) is 3.99. The van der Waals surface area contributed by atoms with Crippen LogP contribution in [0.15, 0.2) is 0 Å². The molecule has 4 heteroatoms. The molecule has 3 N–H and O–H groups in total. The average Bonchev–Trinajstić information content (AvgIpc) is 2.79. The third kappa shape index (κ3) is 1.53. The Balaban J connectivity index is 2.23. The van der Waals surface area contributed by atoms with Crippen molar-refractivity contribution in [2.75, 3.05) is 5.73 Å². The van der Waals surface area contributed by atoms with Crippen LogP contribution in [0.3, 0.4) is 0 Å². The van der Waals surface area contributed by atoms with E-state index in [4.69, 9.17) is 5.73 Å². The van der Waals surface area contributed by atoms with E-state index in [2.05, 4.69) is 11.9 Å². The molecule has 0 bridgehead atoms.